The van der Waals surface area contributed by atoms with Gasteiger partial charge in [0.25, 0.3) is 11.1 Å². The molecule has 0 aliphatic carbocycles. The summed E-state index contributed by atoms with van der Waals surface area (Å²) in [6.45, 7) is 7.95. The maximum Gasteiger partial charge on any atom is 0.333 e. The van der Waals surface area contributed by atoms with E-state index in [9.17, 15) is 18.0 Å². The van der Waals surface area contributed by atoms with Crippen LogP contribution in [0, 0.1) is 0 Å². The number of anilines is 1. The molecule has 0 atom stereocenters. The lowest BCUT2D eigenvalue weighted by molar-refractivity contribution is 0.0821. The van der Waals surface area contributed by atoms with E-state index in [1.165, 1.54) is 25.1 Å². The third-order valence-corrected chi connectivity index (χ3v) is 5.47. The van der Waals surface area contributed by atoms with E-state index in [1.54, 1.807) is 0 Å². The topological polar surface area (TPSA) is 121 Å². The molecule has 2 rings (SSSR count). The molecule has 9 nitrogen and oxygen atoms in total. The summed E-state index contributed by atoms with van der Waals surface area (Å²) in [4.78, 5) is 33.3. The molecule has 1 heterocycles. The second kappa shape index (κ2) is 9.21. The number of hydrogen-bond acceptors (Lipinski definition) is 6. The predicted octanol–water partition coefficient (Wildman–Crippen LogP) is 2.94. The minimum Gasteiger partial charge on any atom is -0.343 e. The van der Waals surface area contributed by atoms with Gasteiger partial charge in [-0.3, -0.25) is 4.79 Å². The highest BCUT2D eigenvalue weighted by molar-refractivity contribution is 7.89. The van der Waals surface area contributed by atoms with Crippen molar-refractivity contribution in [2.24, 2.45) is 0 Å². The van der Waals surface area contributed by atoms with Crippen LogP contribution in [0.1, 0.15) is 61.1 Å². The number of nitrogens with one attached hydrogen (secondary N) is 2. The van der Waals surface area contributed by atoms with E-state index in [1.807, 2.05) is 50.6 Å². The molecule has 0 radical (unpaired) electrons. The average molecular weight is 434 g/mol. The van der Waals surface area contributed by atoms with E-state index in [0.717, 1.165) is 17.3 Å². The van der Waals surface area contributed by atoms with Crippen molar-refractivity contribution >= 4 is 27.6 Å². The number of nitrogens with zero attached hydrogens (tertiary/aromatic N) is 3. The van der Waals surface area contributed by atoms with Crippen LogP contribution in [0.3, 0.4) is 0 Å². The van der Waals surface area contributed by atoms with E-state index in [0.29, 0.717) is 5.69 Å². The molecule has 162 valence electrons. The molecule has 1 aromatic carbocycles. The Morgan fingerprint density at radius 3 is 2.07 bits per heavy atom. The summed E-state index contributed by atoms with van der Waals surface area (Å²) in [5, 5.41) is 2.00. The monoisotopic (exact) mass is 433 g/mol. The van der Waals surface area contributed by atoms with Crippen LogP contribution in [0.4, 0.5) is 10.5 Å². The van der Waals surface area contributed by atoms with Crippen molar-refractivity contribution in [2.45, 2.75) is 44.7 Å². The predicted molar refractivity (Wildman–Crippen MR) is 114 cm³/mol. The second-order valence-electron chi connectivity index (χ2n) is 7.60. The molecule has 1 aromatic heterocycles. The zero-order valence-corrected chi connectivity index (χ0v) is 18.7. The summed E-state index contributed by atoms with van der Waals surface area (Å²) in [5.74, 6) is -0.244. The Kier molecular flexibility index (Phi) is 7.14. The molecule has 3 amide bonds. The summed E-state index contributed by atoms with van der Waals surface area (Å²) in [6, 6.07) is 6.05. The molecule has 30 heavy (non-hydrogen) atoms. The zero-order valence-electron chi connectivity index (χ0n) is 17.9. The molecule has 0 saturated carbocycles. The molecular weight excluding hydrogens is 406 g/mol. The number of sulfonamides is 1. The van der Waals surface area contributed by atoms with Crippen molar-refractivity contribution in [1.82, 2.24) is 19.6 Å². The molecule has 0 aliphatic heterocycles. The Balaban J connectivity index is 2.31. The molecule has 10 heteroatoms. The van der Waals surface area contributed by atoms with Gasteiger partial charge in [0.15, 0.2) is 0 Å². The van der Waals surface area contributed by atoms with Gasteiger partial charge < -0.3 is 10.2 Å². The molecular formula is C20H27N5O4S. The first-order chi connectivity index (χ1) is 13.9. The largest absolute Gasteiger partial charge is 0.343 e. The lowest BCUT2D eigenvalue weighted by Crippen LogP contribution is -2.36. The first kappa shape index (κ1) is 23.3. The fraction of sp³-hybridized carbons (Fsp3) is 0.400. The summed E-state index contributed by atoms with van der Waals surface area (Å²) >= 11 is 0. The summed E-state index contributed by atoms with van der Waals surface area (Å²) in [7, 11) is -1.35. The number of hydrogen-bond donors (Lipinski definition) is 2. The van der Waals surface area contributed by atoms with Gasteiger partial charge >= 0.3 is 16.1 Å². The number of para-hydroxylation sites is 1. The Hall–Kier alpha value is -3.01. The summed E-state index contributed by atoms with van der Waals surface area (Å²) in [6.07, 6.45) is 1.15. The van der Waals surface area contributed by atoms with E-state index in [4.69, 9.17) is 0 Å². The van der Waals surface area contributed by atoms with E-state index in [2.05, 4.69) is 15.3 Å². The number of rotatable bonds is 6. The van der Waals surface area contributed by atoms with Crippen LogP contribution in [0.15, 0.2) is 35.6 Å². The summed E-state index contributed by atoms with van der Waals surface area (Å²) < 4.78 is 27.1. The third kappa shape index (κ3) is 5.32. The maximum atomic E-state index is 12.6. The Bertz CT molecular complexity index is 1020. The molecule has 0 saturated heterocycles. The molecule has 0 fully saturated rings. The van der Waals surface area contributed by atoms with Crippen LogP contribution in [-0.4, -0.2) is 49.3 Å². The third-order valence-electron chi connectivity index (χ3n) is 4.34. The van der Waals surface area contributed by atoms with Gasteiger partial charge in [-0.2, -0.15) is 8.42 Å². The van der Waals surface area contributed by atoms with Crippen molar-refractivity contribution in [3.63, 3.8) is 0 Å². The Morgan fingerprint density at radius 2 is 1.57 bits per heavy atom. The lowest BCUT2D eigenvalue weighted by Gasteiger charge is -2.20. The van der Waals surface area contributed by atoms with Crippen LogP contribution in [-0.2, 0) is 10.0 Å². The van der Waals surface area contributed by atoms with Gasteiger partial charge in [-0.25, -0.2) is 19.5 Å². The Labute approximate surface area is 177 Å². The van der Waals surface area contributed by atoms with Gasteiger partial charge in [-0.05, 0) is 29.0 Å². The Morgan fingerprint density at radius 1 is 1.00 bits per heavy atom. The van der Waals surface area contributed by atoms with Crippen LogP contribution in [0.5, 0.6) is 0 Å². The molecule has 0 unspecified atom stereocenters. The number of carbonyl (C=O) groups is 2. The molecule has 0 spiro atoms. The van der Waals surface area contributed by atoms with Crippen molar-refractivity contribution in [3.05, 3.63) is 47.3 Å². The average Bonchev–Trinajstić information content (AvgIpc) is 2.66. The first-order valence-electron chi connectivity index (χ1n) is 9.45. The van der Waals surface area contributed by atoms with Crippen LogP contribution in [0.25, 0.3) is 0 Å². The highest BCUT2D eigenvalue weighted by Gasteiger charge is 2.24. The zero-order chi connectivity index (χ0) is 22.6. The number of carbonyl (C=O) groups excluding carboxylic acids is 2. The fourth-order valence-corrected chi connectivity index (χ4v) is 3.63. The smallest absolute Gasteiger partial charge is 0.333 e. The number of aromatic nitrogens is 2. The van der Waals surface area contributed by atoms with Crippen molar-refractivity contribution in [2.75, 3.05) is 19.4 Å². The quantitative estimate of drug-likeness (QED) is 0.676. The highest BCUT2D eigenvalue weighted by atomic mass is 32.2. The van der Waals surface area contributed by atoms with Crippen LogP contribution < -0.4 is 10.0 Å². The van der Waals surface area contributed by atoms with Crippen LogP contribution in [0.2, 0.25) is 0 Å². The fourth-order valence-electron chi connectivity index (χ4n) is 2.82. The molecule has 0 bridgehead atoms. The second-order valence-corrected chi connectivity index (χ2v) is 9.18. The molecule has 2 N–H and O–H groups in total. The number of amides is 3. The van der Waals surface area contributed by atoms with Gasteiger partial charge in [0.2, 0.25) is 0 Å². The minimum atomic E-state index is -4.38. The van der Waals surface area contributed by atoms with E-state index < -0.39 is 27.1 Å². The standard InChI is InChI=1S/C20H27N5O4S/c1-12(2)14-8-7-9-15(13(3)4)17(14)23-19(27)24-30(28,29)20-21-11-10-16(22-20)18(26)25(5)6/h7-13H,1-6H3,(H2,23,24,27). The van der Waals surface area contributed by atoms with E-state index >= 15 is 0 Å². The van der Waals surface area contributed by atoms with Crippen molar-refractivity contribution < 1.29 is 18.0 Å². The minimum absolute atomic E-state index is 0.0944. The SMILES string of the molecule is CC(C)c1cccc(C(C)C)c1NC(=O)NS(=O)(=O)c1nccc(C(=O)N(C)C)n1. The van der Waals surface area contributed by atoms with E-state index in [-0.39, 0.29) is 17.5 Å². The number of benzene rings is 1. The number of urea groups is 1. The lowest BCUT2D eigenvalue weighted by atomic mass is 9.93. The van der Waals surface area contributed by atoms with Crippen molar-refractivity contribution in [3.8, 4) is 0 Å². The molecule has 2 aromatic rings. The van der Waals surface area contributed by atoms with Gasteiger partial charge in [-0.1, -0.05) is 45.9 Å². The van der Waals surface area contributed by atoms with Crippen LogP contribution >= 0.6 is 0 Å². The highest BCUT2D eigenvalue weighted by Crippen LogP contribution is 2.32. The van der Waals surface area contributed by atoms with Gasteiger partial charge in [0.1, 0.15) is 5.69 Å². The normalized spacial score (nSPS) is 11.5. The van der Waals surface area contributed by atoms with Gasteiger partial charge in [-0.15, -0.1) is 0 Å². The summed E-state index contributed by atoms with van der Waals surface area (Å²) in [5.41, 5.74) is 2.27. The van der Waals surface area contributed by atoms with Gasteiger partial charge in [0.05, 0.1) is 0 Å². The van der Waals surface area contributed by atoms with Crippen molar-refractivity contribution in [1.29, 1.82) is 0 Å². The first-order valence-corrected chi connectivity index (χ1v) is 10.9. The molecule has 0 aliphatic rings. The van der Waals surface area contributed by atoms with Gasteiger partial charge in [0, 0.05) is 26.0 Å². The maximum absolute atomic E-state index is 12.6.